The van der Waals surface area contributed by atoms with E-state index in [0.717, 1.165) is 5.56 Å². The van der Waals surface area contributed by atoms with Gasteiger partial charge in [0.2, 0.25) is 0 Å². The van der Waals surface area contributed by atoms with Gasteiger partial charge in [-0.05, 0) is 29.8 Å². The molecule has 0 spiro atoms. The number of nitriles is 1. The molecule has 0 unspecified atom stereocenters. The summed E-state index contributed by atoms with van der Waals surface area (Å²) in [6.07, 6.45) is 0. The van der Waals surface area contributed by atoms with E-state index in [2.05, 4.69) is 0 Å². The summed E-state index contributed by atoms with van der Waals surface area (Å²) < 4.78 is 10.8. The molecule has 19 heavy (non-hydrogen) atoms. The molecule has 4 heteroatoms. The van der Waals surface area contributed by atoms with Gasteiger partial charge >= 0.3 is 0 Å². The molecule has 0 aliphatic rings. The first kappa shape index (κ1) is 12.9. The van der Waals surface area contributed by atoms with Crippen LogP contribution in [0, 0.1) is 11.3 Å². The number of hydrogen-bond acceptors (Lipinski definition) is 4. The molecule has 2 rings (SSSR count). The fourth-order valence-electron chi connectivity index (χ4n) is 1.71. The second-order valence-electron chi connectivity index (χ2n) is 4.04. The average Bonchev–Trinajstić information content (AvgIpc) is 2.40. The van der Waals surface area contributed by atoms with Gasteiger partial charge in [0, 0.05) is 13.2 Å². The van der Waals surface area contributed by atoms with Crippen LogP contribution < -0.4 is 10.5 Å². The van der Waals surface area contributed by atoms with Gasteiger partial charge in [0.15, 0.2) is 0 Å². The van der Waals surface area contributed by atoms with Crippen molar-refractivity contribution < 1.29 is 9.47 Å². The van der Waals surface area contributed by atoms with Crippen molar-refractivity contribution in [1.29, 1.82) is 5.26 Å². The van der Waals surface area contributed by atoms with E-state index in [1.54, 1.807) is 25.3 Å². The van der Waals surface area contributed by atoms with Crippen molar-refractivity contribution in [2.75, 3.05) is 12.8 Å². The molecule has 0 heterocycles. The zero-order valence-electron chi connectivity index (χ0n) is 10.6. The molecule has 0 aliphatic heterocycles. The molecule has 0 atom stereocenters. The van der Waals surface area contributed by atoms with Crippen LogP contribution in [0.2, 0.25) is 0 Å². The fraction of sp³-hybridized carbons (Fsp3) is 0.133. The lowest BCUT2D eigenvalue weighted by molar-refractivity contribution is 0.184. The Morgan fingerprint density at radius 3 is 2.63 bits per heavy atom. The molecular formula is C15H14N2O2. The van der Waals surface area contributed by atoms with Crippen molar-refractivity contribution in [2.24, 2.45) is 0 Å². The van der Waals surface area contributed by atoms with Crippen molar-refractivity contribution in [3.8, 4) is 17.6 Å². The SMILES string of the molecule is COCc1cccc(Oc2ccc(C#N)c(N)c2)c1. The summed E-state index contributed by atoms with van der Waals surface area (Å²) in [6.45, 7) is 0.534. The van der Waals surface area contributed by atoms with Crippen LogP contribution in [0.3, 0.4) is 0 Å². The van der Waals surface area contributed by atoms with Crippen molar-refractivity contribution >= 4 is 5.69 Å². The highest BCUT2D eigenvalue weighted by molar-refractivity contribution is 5.57. The average molecular weight is 254 g/mol. The maximum Gasteiger partial charge on any atom is 0.129 e. The maximum atomic E-state index is 8.81. The van der Waals surface area contributed by atoms with Crippen LogP contribution in [0.15, 0.2) is 42.5 Å². The van der Waals surface area contributed by atoms with Crippen molar-refractivity contribution in [3.05, 3.63) is 53.6 Å². The van der Waals surface area contributed by atoms with E-state index in [-0.39, 0.29) is 0 Å². The van der Waals surface area contributed by atoms with Crippen molar-refractivity contribution in [2.45, 2.75) is 6.61 Å². The molecule has 0 saturated heterocycles. The second-order valence-corrected chi connectivity index (χ2v) is 4.04. The minimum absolute atomic E-state index is 0.410. The van der Waals surface area contributed by atoms with Gasteiger partial charge < -0.3 is 15.2 Å². The number of nitrogens with two attached hydrogens (primary N) is 1. The first-order chi connectivity index (χ1) is 9.22. The molecule has 4 nitrogen and oxygen atoms in total. The Labute approximate surface area is 112 Å². The standard InChI is InChI=1S/C15H14N2O2/c1-18-10-11-3-2-4-13(7-11)19-14-6-5-12(9-16)15(17)8-14/h2-8H,10,17H2,1H3. The Balaban J connectivity index is 2.19. The van der Waals surface area contributed by atoms with Crippen molar-refractivity contribution in [1.82, 2.24) is 0 Å². The molecule has 2 aromatic rings. The molecule has 96 valence electrons. The molecule has 0 fully saturated rings. The van der Waals surface area contributed by atoms with E-state index in [1.165, 1.54) is 0 Å². The highest BCUT2D eigenvalue weighted by Gasteiger charge is 2.03. The number of nitrogens with zero attached hydrogens (tertiary/aromatic N) is 1. The summed E-state index contributed by atoms with van der Waals surface area (Å²) >= 11 is 0. The van der Waals surface area contributed by atoms with Crippen LogP contribution in [0.1, 0.15) is 11.1 Å². The molecule has 2 aromatic carbocycles. The molecule has 2 N–H and O–H groups in total. The van der Waals surface area contributed by atoms with E-state index >= 15 is 0 Å². The summed E-state index contributed by atoms with van der Waals surface area (Å²) in [5.74, 6) is 1.31. The third-order valence-corrected chi connectivity index (χ3v) is 2.59. The van der Waals surface area contributed by atoms with E-state index in [4.69, 9.17) is 20.5 Å². The number of methoxy groups -OCH3 is 1. The minimum Gasteiger partial charge on any atom is -0.457 e. The van der Waals surface area contributed by atoms with Gasteiger partial charge in [-0.15, -0.1) is 0 Å². The van der Waals surface area contributed by atoms with Crippen LogP contribution in [-0.4, -0.2) is 7.11 Å². The summed E-state index contributed by atoms with van der Waals surface area (Å²) in [6, 6.07) is 14.6. The number of benzene rings is 2. The molecule has 0 amide bonds. The fourth-order valence-corrected chi connectivity index (χ4v) is 1.71. The lowest BCUT2D eigenvalue weighted by Gasteiger charge is -2.08. The van der Waals surface area contributed by atoms with Gasteiger partial charge in [-0.3, -0.25) is 0 Å². The highest BCUT2D eigenvalue weighted by atomic mass is 16.5. The first-order valence-electron chi connectivity index (χ1n) is 5.78. The van der Waals surface area contributed by atoms with Crippen LogP contribution in [-0.2, 0) is 11.3 Å². The van der Waals surface area contributed by atoms with Crippen LogP contribution in [0.4, 0.5) is 5.69 Å². The summed E-state index contributed by atoms with van der Waals surface area (Å²) in [5.41, 5.74) is 7.63. The lowest BCUT2D eigenvalue weighted by atomic mass is 10.2. The quantitative estimate of drug-likeness (QED) is 0.851. The number of hydrogen-bond donors (Lipinski definition) is 1. The monoisotopic (exact) mass is 254 g/mol. The third-order valence-electron chi connectivity index (χ3n) is 2.59. The van der Waals surface area contributed by atoms with Gasteiger partial charge in [0.1, 0.15) is 17.6 Å². The van der Waals surface area contributed by atoms with Crippen molar-refractivity contribution in [3.63, 3.8) is 0 Å². The summed E-state index contributed by atoms with van der Waals surface area (Å²) in [7, 11) is 1.65. The van der Waals surface area contributed by atoms with E-state index in [0.29, 0.717) is 29.4 Å². The Kier molecular flexibility index (Phi) is 4.01. The Bertz CT molecular complexity index is 618. The predicted molar refractivity (Wildman–Crippen MR) is 72.8 cm³/mol. The molecule has 0 aliphatic carbocycles. The third kappa shape index (κ3) is 3.24. The molecule has 0 aromatic heterocycles. The number of anilines is 1. The van der Waals surface area contributed by atoms with Gasteiger partial charge in [-0.25, -0.2) is 0 Å². The summed E-state index contributed by atoms with van der Waals surface area (Å²) in [5, 5.41) is 8.81. The largest absolute Gasteiger partial charge is 0.457 e. The van der Waals surface area contributed by atoms with E-state index in [1.807, 2.05) is 30.3 Å². The van der Waals surface area contributed by atoms with Gasteiger partial charge in [0.05, 0.1) is 17.9 Å². The molecular weight excluding hydrogens is 240 g/mol. The van der Waals surface area contributed by atoms with E-state index < -0.39 is 0 Å². The topological polar surface area (TPSA) is 68.3 Å². The molecule has 0 bridgehead atoms. The number of nitrogen functional groups attached to an aromatic ring is 1. The number of ether oxygens (including phenoxy) is 2. The normalized spacial score (nSPS) is 9.89. The Morgan fingerprint density at radius 2 is 1.95 bits per heavy atom. The number of rotatable bonds is 4. The Hall–Kier alpha value is -2.51. The minimum atomic E-state index is 0.410. The Morgan fingerprint density at radius 1 is 1.16 bits per heavy atom. The smallest absolute Gasteiger partial charge is 0.129 e. The summed E-state index contributed by atoms with van der Waals surface area (Å²) in [4.78, 5) is 0. The van der Waals surface area contributed by atoms with Crippen LogP contribution in [0.5, 0.6) is 11.5 Å². The highest BCUT2D eigenvalue weighted by Crippen LogP contribution is 2.25. The zero-order valence-corrected chi connectivity index (χ0v) is 10.6. The second kappa shape index (κ2) is 5.89. The predicted octanol–water partition coefficient (Wildman–Crippen LogP) is 3.08. The zero-order chi connectivity index (χ0) is 13.7. The van der Waals surface area contributed by atoms with E-state index in [9.17, 15) is 0 Å². The van der Waals surface area contributed by atoms with Crippen LogP contribution >= 0.6 is 0 Å². The lowest BCUT2D eigenvalue weighted by Crippen LogP contribution is -1.93. The van der Waals surface area contributed by atoms with Crippen LogP contribution in [0.25, 0.3) is 0 Å². The maximum absolute atomic E-state index is 8.81. The van der Waals surface area contributed by atoms with Gasteiger partial charge in [0.25, 0.3) is 0 Å². The van der Waals surface area contributed by atoms with Gasteiger partial charge in [-0.1, -0.05) is 12.1 Å². The molecule has 0 radical (unpaired) electrons. The van der Waals surface area contributed by atoms with Gasteiger partial charge in [-0.2, -0.15) is 5.26 Å². The first-order valence-corrected chi connectivity index (χ1v) is 5.78. The molecule has 0 saturated carbocycles.